The van der Waals surface area contributed by atoms with E-state index in [1.807, 2.05) is 0 Å². The number of carbonyl (C=O) groups excluding carboxylic acids is 1. The van der Waals surface area contributed by atoms with E-state index in [1.165, 1.54) is 7.11 Å². The number of halogens is 3. The number of hydrogen-bond donors (Lipinski definition) is 2. The summed E-state index contributed by atoms with van der Waals surface area (Å²) in [6.07, 6.45) is -4.55. The third-order valence-electron chi connectivity index (χ3n) is 1.76. The zero-order valence-electron chi connectivity index (χ0n) is 9.79. The average molecular weight is 272 g/mol. The first-order valence-electron chi connectivity index (χ1n) is 5.01. The number of carbonyl (C=O) groups is 2. The Morgan fingerprint density at radius 1 is 1.33 bits per heavy atom. The zero-order chi connectivity index (χ0) is 14.2. The number of alkyl halides is 3. The van der Waals surface area contributed by atoms with Gasteiger partial charge in [-0.25, -0.2) is 0 Å². The van der Waals surface area contributed by atoms with Crippen LogP contribution in [0.3, 0.4) is 0 Å². The molecule has 18 heavy (non-hydrogen) atoms. The molecule has 0 saturated heterocycles. The lowest BCUT2D eigenvalue weighted by atomic mass is 10.4. The summed E-state index contributed by atoms with van der Waals surface area (Å²) >= 11 is 0. The minimum absolute atomic E-state index is 0.155. The molecule has 0 aliphatic carbocycles. The van der Waals surface area contributed by atoms with Crippen molar-refractivity contribution >= 4 is 11.9 Å². The number of hydrogen-bond acceptors (Lipinski definition) is 4. The number of carboxylic acid groups (broad SMARTS) is 1. The Bertz CT molecular complexity index is 283. The van der Waals surface area contributed by atoms with Crippen molar-refractivity contribution in [2.75, 3.05) is 39.9 Å². The van der Waals surface area contributed by atoms with Gasteiger partial charge in [0.1, 0.15) is 0 Å². The first-order chi connectivity index (χ1) is 8.24. The molecule has 0 spiro atoms. The van der Waals surface area contributed by atoms with E-state index in [0.717, 1.165) is 0 Å². The SMILES string of the molecule is COCCNC(=O)CN(CC(=O)O)CC(F)(F)F. The van der Waals surface area contributed by atoms with Gasteiger partial charge in [-0.05, 0) is 0 Å². The molecule has 6 nitrogen and oxygen atoms in total. The highest BCUT2D eigenvalue weighted by atomic mass is 19.4. The standard InChI is InChI=1S/C9H15F3N2O4/c1-18-3-2-13-7(15)4-14(5-8(16)17)6-9(10,11)12/h2-6H2,1H3,(H,13,15)(H,16,17). The third kappa shape index (κ3) is 9.85. The molecule has 0 bridgehead atoms. The van der Waals surface area contributed by atoms with Gasteiger partial charge in [-0.15, -0.1) is 0 Å². The normalized spacial score (nSPS) is 11.6. The Hall–Kier alpha value is -1.35. The van der Waals surface area contributed by atoms with Crippen molar-refractivity contribution in [3.8, 4) is 0 Å². The Balaban J connectivity index is 4.22. The minimum atomic E-state index is -4.55. The first kappa shape index (κ1) is 16.6. The van der Waals surface area contributed by atoms with Gasteiger partial charge in [-0.1, -0.05) is 0 Å². The van der Waals surface area contributed by atoms with Crippen LogP contribution in [0.4, 0.5) is 13.2 Å². The second kappa shape index (κ2) is 7.88. The Kier molecular flexibility index (Phi) is 7.29. The molecule has 0 aliphatic heterocycles. The zero-order valence-corrected chi connectivity index (χ0v) is 9.79. The molecule has 0 aromatic carbocycles. The smallest absolute Gasteiger partial charge is 0.401 e. The number of nitrogens with zero attached hydrogens (tertiary/aromatic N) is 1. The molecule has 0 aromatic heterocycles. The predicted octanol–water partition coefficient (Wildman–Crippen LogP) is -0.302. The molecule has 0 atom stereocenters. The maximum absolute atomic E-state index is 12.1. The van der Waals surface area contributed by atoms with Crippen LogP contribution >= 0.6 is 0 Å². The second-order valence-electron chi connectivity index (χ2n) is 3.50. The quantitative estimate of drug-likeness (QED) is 0.593. The molecule has 0 unspecified atom stereocenters. The molecule has 2 N–H and O–H groups in total. The number of amides is 1. The van der Waals surface area contributed by atoms with Gasteiger partial charge in [-0.2, -0.15) is 13.2 Å². The average Bonchev–Trinajstić information content (AvgIpc) is 2.13. The largest absolute Gasteiger partial charge is 0.480 e. The van der Waals surface area contributed by atoms with Crippen LogP contribution in [0.25, 0.3) is 0 Å². The van der Waals surface area contributed by atoms with Gasteiger partial charge in [0.2, 0.25) is 5.91 Å². The monoisotopic (exact) mass is 272 g/mol. The van der Waals surface area contributed by atoms with Gasteiger partial charge in [0, 0.05) is 13.7 Å². The summed E-state index contributed by atoms with van der Waals surface area (Å²) in [7, 11) is 1.41. The van der Waals surface area contributed by atoms with E-state index in [-0.39, 0.29) is 13.2 Å². The summed E-state index contributed by atoms with van der Waals surface area (Å²) in [5, 5.41) is 10.8. The van der Waals surface area contributed by atoms with Crippen molar-refractivity contribution in [3.63, 3.8) is 0 Å². The Morgan fingerprint density at radius 2 is 1.94 bits per heavy atom. The molecule has 0 aliphatic rings. The molecule has 0 heterocycles. The van der Waals surface area contributed by atoms with E-state index >= 15 is 0 Å². The number of nitrogens with one attached hydrogen (secondary N) is 1. The summed E-state index contributed by atoms with van der Waals surface area (Å²) in [4.78, 5) is 22.1. The summed E-state index contributed by atoms with van der Waals surface area (Å²) < 4.78 is 41.0. The third-order valence-corrected chi connectivity index (χ3v) is 1.76. The minimum Gasteiger partial charge on any atom is -0.480 e. The van der Waals surface area contributed by atoms with Gasteiger partial charge in [0.25, 0.3) is 0 Å². The van der Waals surface area contributed by atoms with Crippen molar-refractivity contribution < 1.29 is 32.6 Å². The second-order valence-corrected chi connectivity index (χ2v) is 3.50. The summed E-state index contributed by atoms with van der Waals surface area (Å²) in [5.41, 5.74) is 0. The number of rotatable bonds is 8. The fourth-order valence-corrected chi connectivity index (χ4v) is 1.16. The Morgan fingerprint density at radius 3 is 2.39 bits per heavy atom. The fraction of sp³-hybridized carbons (Fsp3) is 0.778. The van der Waals surface area contributed by atoms with Crippen molar-refractivity contribution in [1.82, 2.24) is 10.2 Å². The number of methoxy groups -OCH3 is 1. The number of aliphatic carboxylic acids is 1. The highest BCUT2D eigenvalue weighted by Gasteiger charge is 2.32. The van der Waals surface area contributed by atoms with E-state index in [4.69, 9.17) is 5.11 Å². The van der Waals surface area contributed by atoms with E-state index in [9.17, 15) is 22.8 Å². The molecule has 0 saturated carbocycles. The fourth-order valence-electron chi connectivity index (χ4n) is 1.16. The van der Waals surface area contributed by atoms with Crippen LogP contribution in [-0.4, -0.2) is 68.0 Å². The lowest BCUT2D eigenvalue weighted by Gasteiger charge is -2.20. The molecule has 0 aromatic rings. The number of carboxylic acids is 1. The molecule has 106 valence electrons. The summed E-state index contributed by atoms with van der Waals surface area (Å²) in [6, 6.07) is 0. The molecule has 0 radical (unpaired) electrons. The highest BCUT2D eigenvalue weighted by molar-refractivity contribution is 5.79. The maximum Gasteiger partial charge on any atom is 0.401 e. The van der Waals surface area contributed by atoms with Crippen LogP contribution in [0.15, 0.2) is 0 Å². The van der Waals surface area contributed by atoms with Crippen molar-refractivity contribution in [3.05, 3.63) is 0 Å². The van der Waals surface area contributed by atoms with Crippen LogP contribution in [0.1, 0.15) is 0 Å². The molecule has 0 rings (SSSR count). The molecule has 1 amide bonds. The first-order valence-corrected chi connectivity index (χ1v) is 5.01. The van der Waals surface area contributed by atoms with Gasteiger partial charge in [-0.3, -0.25) is 14.5 Å². The van der Waals surface area contributed by atoms with Gasteiger partial charge in [0.15, 0.2) is 0 Å². The molecular weight excluding hydrogens is 257 g/mol. The molecule has 0 fully saturated rings. The lowest BCUT2D eigenvalue weighted by Crippen LogP contribution is -2.44. The van der Waals surface area contributed by atoms with E-state index in [2.05, 4.69) is 10.1 Å². The maximum atomic E-state index is 12.1. The molecular formula is C9H15F3N2O4. The van der Waals surface area contributed by atoms with Crippen LogP contribution < -0.4 is 5.32 Å². The van der Waals surface area contributed by atoms with Crippen molar-refractivity contribution in [1.29, 1.82) is 0 Å². The van der Waals surface area contributed by atoms with E-state index in [0.29, 0.717) is 4.90 Å². The van der Waals surface area contributed by atoms with Crippen LogP contribution in [0.5, 0.6) is 0 Å². The van der Waals surface area contributed by atoms with Crippen molar-refractivity contribution in [2.24, 2.45) is 0 Å². The van der Waals surface area contributed by atoms with Gasteiger partial charge < -0.3 is 15.2 Å². The molecule has 9 heteroatoms. The highest BCUT2D eigenvalue weighted by Crippen LogP contribution is 2.16. The summed E-state index contributed by atoms with van der Waals surface area (Å²) in [6.45, 7) is -2.55. The van der Waals surface area contributed by atoms with Gasteiger partial charge in [0.05, 0.1) is 26.2 Å². The van der Waals surface area contributed by atoms with Crippen molar-refractivity contribution in [2.45, 2.75) is 6.18 Å². The van der Waals surface area contributed by atoms with Crippen LogP contribution in [0.2, 0.25) is 0 Å². The predicted molar refractivity (Wildman–Crippen MR) is 55.0 cm³/mol. The Labute approximate surface area is 102 Å². The topological polar surface area (TPSA) is 78.9 Å². The van der Waals surface area contributed by atoms with E-state index in [1.54, 1.807) is 0 Å². The van der Waals surface area contributed by atoms with Crippen LogP contribution in [0, 0.1) is 0 Å². The number of ether oxygens (including phenoxy) is 1. The van der Waals surface area contributed by atoms with Crippen LogP contribution in [-0.2, 0) is 14.3 Å². The summed E-state index contributed by atoms with van der Waals surface area (Å²) in [5.74, 6) is -2.11. The lowest BCUT2D eigenvalue weighted by molar-refractivity contribution is -0.155. The van der Waals surface area contributed by atoms with Gasteiger partial charge >= 0.3 is 12.1 Å². The van der Waals surface area contributed by atoms with E-state index < -0.39 is 37.7 Å².